The summed E-state index contributed by atoms with van der Waals surface area (Å²) in [6.45, 7) is 6.09. The van der Waals surface area contributed by atoms with E-state index in [-0.39, 0.29) is 5.91 Å². The van der Waals surface area contributed by atoms with Gasteiger partial charge in [0, 0.05) is 11.6 Å². The van der Waals surface area contributed by atoms with Crippen molar-refractivity contribution in [3.05, 3.63) is 89.1 Å². The van der Waals surface area contributed by atoms with Gasteiger partial charge in [0.15, 0.2) is 5.76 Å². The second-order valence-electron chi connectivity index (χ2n) is 7.99. The van der Waals surface area contributed by atoms with Gasteiger partial charge in [-0.1, -0.05) is 36.4 Å². The normalized spacial score (nSPS) is 11.3. The van der Waals surface area contributed by atoms with Gasteiger partial charge in [0.25, 0.3) is 0 Å². The molecule has 0 radical (unpaired) electrons. The van der Waals surface area contributed by atoms with Gasteiger partial charge in [0.05, 0.1) is 6.42 Å². The molecule has 5 rings (SSSR count). The minimum absolute atomic E-state index is 0.0860. The van der Waals surface area contributed by atoms with Crippen molar-refractivity contribution in [2.24, 2.45) is 0 Å². The molecule has 5 aromatic rings. The van der Waals surface area contributed by atoms with Crippen molar-refractivity contribution < 1.29 is 9.21 Å². The average Bonchev–Trinajstić information content (AvgIpc) is 3.32. The Morgan fingerprint density at radius 1 is 1.00 bits per heavy atom. The number of amides is 1. The number of fused-ring (bicyclic) bond motifs is 2. The summed E-state index contributed by atoms with van der Waals surface area (Å²) in [6.07, 6.45) is 2.23. The Morgan fingerprint density at radius 2 is 1.77 bits per heavy atom. The molecule has 5 heteroatoms. The maximum atomic E-state index is 13.1. The highest BCUT2D eigenvalue weighted by Crippen LogP contribution is 2.33. The summed E-state index contributed by atoms with van der Waals surface area (Å²) < 4.78 is 7.97. The van der Waals surface area contributed by atoms with E-state index in [1.54, 1.807) is 0 Å². The first-order valence-corrected chi connectivity index (χ1v) is 10.3. The number of aryl methyl sites for hydroxylation is 3. The highest BCUT2D eigenvalue weighted by atomic mass is 16.3. The molecular formula is C26H23N3O2. The minimum atomic E-state index is -0.0860. The predicted molar refractivity (Wildman–Crippen MR) is 123 cm³/mol. The second-order valence-corrected chi connectivity index (χ2v) is 7.99. The number of aromatic nitrogens is 2. The molecule has 1 amide bonds. The van der Waals surface area contributed by atoms with E-state index < -0.39 is 0 Å². The Morgan fingerprint density at radius 3 is 2.55 bits per heavy atom. The summed E-state index contributed by atoms with van der Waals surface area (Å²) in [6, 6.07) is 19.9. The zero-order chi connectivity index (χ0) is 21.5. The fraction of sp³-hybridized carbons (Fsp3) is 0.154. The first-order valence-electron chi connectivity index (χ1n) is 10.3. The van der Waals surface area contributed by atoms with Gasteiger partial charge in [-0.2, -0.15) is 0 Å². The fourth-order valence-corrected chi connectivity index (χ4v) is 4.00. The van der Waals surface area contributed by atoms with E-state index in [1.165, 1.54) is 0 Å². The first kappa shape index (κ1) is 19.1. The van der Waals surface area contributed by atoms with E-state index in [0.717, 1.165) is 38.9 Å². The zero-order valence-corrected chi connectivity index (χ0v) is 17.8. The lowest BCUT2D eigenvalue weighted by Crippen LogP contribution is -2.17. The van der Waals surface area contributed by atoms with Crippen molar-refractivity contribution in [2.75, 3.05) is 5.32 Å². The Balaban J connectivity index is 1.58. The number of carbonyl (C=O) groups excluding carboxylic acids is 1. The van der Waals surface area contributed by atoms with Crippen molar-refractivity contribution >= 4 is 28.3 Å². The summed E-state index contributed by atoms with van der Waals surface area (Å²) in [7, 11) is 0. The van der Waals surface area contributed by atoms with Gasteiger partial charge in [-0.3, -0.25) is 9.20 Å². The molecule has 0 fully saturated rings. The summed E-state index contributed by atoms with van der Waals surface area (Å²) >= 11 is 0. The van der Waals surface area contributed by atoms with Crippen LogP contribution >= 0.6 is 0 Å². The topological polar surface area (TPSA) is 59.5 Å². The molecule has 0 unspecified atom stereocenters. The smallest absolute Gasteiger partial charge is 0.229 e. The van der Waals surface area contributed by atoms with Gasteiger partial charge in [-0.25, -0.2) is 4.98 Å². The average molecular weight is 409 g/mol. The van der Waals surface area contributed by atoms with Gasteiger partial charge in [0.1, 0.15) is 22.7 Å². The summed E-state index contributed by atoms with van der Waals surface area (Å²) in [4.78, 5) is 17.9. The predicted octanol–water partition coefficient (Wildman–Crippen LogP) is 5.85. The number of imidazole rings is 1. The summed E-state index contributed by atoms with van der Waals surface area (Å²) in [5.74, 6) is 1.16. The van der Waals surface area contributed by atoms with Crippen molar-refractivity contribution in [3.63, 3.8) is 0 Å². The number of rotatable bonds is 4. The number of benzene rings is 2. The maximum absolute atomic E-state index is 13.1. The van der Waals surface area contributed by atoms with Crippen molar-refractivity contribution in [3.8, 4) is 11.5 Å². The first-order chi connectivity index (χ1) is 15.0. The molecule has 0 atom stereocenters. The highest BCUT2D eigenvalue weighted by Gasteiger charge is 2.20. The summed E-state index contributed by atoms with van der Waals surface area (Å²) in [5, 5.41) is 4.10. The third-order valence-corrected chi connectivity index (χ3v) is 5.68. The van der Waals surface area contributed by atoms with Crippen LogP contribution in [-0.2, 0) is 11.2 Å². The van der Waals surface area contributed by atoms with Gasteiger partial charge in [-0.15, -0.1) is 0 Å². The van der Waals surface area contributed by atoms with Crippen LogP contribution in [0.3, 0.4) is 0 Å². The van der Waals surface area contributed by atoms with Crippen LogP contribution in [0.4, 0.5) is 5.82 Å². The van der Waals surface area contributed by atoms with Gasteiger partial charge < -0.3 is 9.73 Å². The van der Waals surface area contributed by atoms with Crippen LogP contribution in [-0.4, -0.2) is 15.3 Å². The molecule has 0 aliphatic carbocycles. The number of hydrogen-bond donors (Lipinski definition) is 1. The largest absolute Gasteiger partial charge is 0.454 e. The SMILES string of the molecule is Cc1ccn2c(NC(=O)Cc3c(C)cccc3C)c(-c3cc4ccccc4o3)nc2c1. The van der Waals surface area contributed by atoms with E-state index in [4.69, 9.17) is 9.40 Å². The van der Waals surface area contributed by atoms with E-state index in [1.807, 2.05) is 92.0 Å². The molecule has 0 saturated heterocycles. The Hall–Kier alpha value is -3.86. The number of nitrogens with one attached hydrogen (secondary N) is 1. The van der Waals surface area contributed by atoms with E-state index in [2.05, 4.69) is 5.32 Å². The Labute approximate surface area is 180 Å². The van der Waals surface area contributed by atoms with Crippen LogP contribution in [0.2, 0.25) is 0 Å². The molecule has 0 bridgehead atoms. The molecule has 31 heavy (non-hydrogen) atoms. The number of hydrogen-bond acceptors (Lipinski definition) is 3. The quantitative estimate of drug-likeness (QED) is 0.405. The maximum Gasteiger partial charge on any atom is 0.229 e. The lowest BCUT2D eigenvalue weighted by Gasteiger charge is -2.11. The van der Waals surface area contributed by atoms with Gasteiger partial charge >= 0.3 is 0 Å². The van der Waals surface area contributed by atoms with Crippen LogP contribution in [0, 0.1) is 20.8 Å². The van der Waals surface area contributed by atoms with E-state index >= 15 is 0 Å². The number of furan rings is 1. The fourth-order valence-electron chi connectivity index (χ4n) is 4.00. The minimum Gasteiger partial charge on any atom is -0.454 e. The Kier molecular flexibility index (Phi) is 4.59. The van der Waals surface area contributed by atoms with Crippen molar-refractivity contribution in [1.82, 2.24) is 9.38 Å². The van der Waals surface area contributed by atoms with Crippen LogP contribution in [0.15, 0.2) is 71.3 Å². The molecule has 3 heterocycles. The third kappa shape index (κ3) is 3.48. The molecule has 2 aromatic carbocycles. The third-order valence-electron chi connectivity index (χ3n) is 5.68. The van der Waals surface area contributed by atoms with Crippen molar-refractivity contribution in [1.29, 1.82) is 0 Å². The second kappa shape index (κ2) is 7.43. The number of pyridine rings is 1. The van der Waals surface area contributed by atoms with E-state index in [9.17, 15) is 4.79 Å². The van der Waals surface area contributed by atoms with Crippen molar-refractivity contribution in [2.45, 2.75) is 27.2 Å². The monoisotopic (exact) mass is 409 g/mol. The number of carbonyl (C=O) groups is 1. The van der Waals surface area contributed by atoms with E-state index in [0.29, 0.717) is 23.7 Å². The Bertz CT molecular complexity index is 1390. The molecule has 0 saturated carbocycles. The molecular weight excluding hydrogens is 386 g/mol. The molecule has 0 aliphatic rings. The lowest BCUT2D eigenvalue weighted by molar-refractivity contribution is -0.115. The van der Waals surface area contributed by atoms with Crippen LogP contribution in [0.1, 0.15) is 22.3 Å². The molecule has 0 spiro atoms. The van der Waals surface area contributed by atoms with Crippen LogP contribution < -0.4 is 5.32 Å². The molecule has 3 aromatic heterocycles. The highest BCUT2D eigenvalue weighted by molar-refractivity contribution is 5.96. The van der Waals surface area contributed by atoms with Gasteiger partial charge in [-0.05, 0) is 67.3 Å². The molecule has 5 nitrogen and oxygen atoms in total. The number of nitrogens with zero attached hydrogens (tertiary/aromatic N) is 2. The molecule has 154 valence electrons. The lowest BCUT2D eigenvalue weighted by atomic mass is 10.00. The van der Waals surface area contributed by atoms with Gasteiger partial charge in [0.2, 0.25) is 5.91 Å². The zero-order valence-electron chi connectivity index (χ0n) is 17.8. The standard InChI is InChI=1S/C26H23N3O2/c1-16-11-12-29-23(13-16)27-25(22-14-19-9-4-5-10-21(19)31-22)26(29)28-24(30)15-20-17(2)7-6-8-18(20)3/h4-14H,15H2,1-3H3,(H,28,30). The number of para-hydroxylation sites is 1. The number of anilines is 1. The van der Waals surface area contributed by atoms with Crippen LogP contribution in [0.25, 0.3) is 28.1 Å². The molecule has 0 aliphatic heterocycles. The van der Waals surface area contributed by atoms with Crippen LogP contribution in [0.5, 0.6) is 0 Å². The summed E-state index contributed by atoms with van der Waals surface area (Å²) in [5.41, 5.74) is 6.55. The molecule has 1 N–H and O–H groups in total.